The molecule has 0 spiro atoms. The van der Waals surface area contributed by atoms with E-state index < -0.39 is 5.91 Å². The van der Waals surface area contributed by atoms with Crippen LogP contribution < -0.4 is 10.6 Å². The van der Waals surface area contributed by atoms with Crippen LogP contribution in [0.2, 0.25) is 5.02 Å². The van der Waals surface area contributed by atoms with E-state index in [0.717, 1.165) is 5.56 Å². The summed E-state index contributed by atoms with van der Waals surface area (Å²) in [7, 11) is 0. The molecule has 0 aliphatic heterocycles. The van der Waals surface area contributed by atoms with Crippen molar-refractivity contribution in [3.8, 4) is 11.3 Å². The Kier molecular flexibility index (Phi) is 5.18. The molecule has 8 heteroatoms. The molecule has 0 saturated carbocycles. The predicted molar refractivity (Wildman–Crippen MR) is 97.5 cm³/mol. The molecule has 0 atom stereocenters. The fourth-order valence-electron chi connectivity index (χ4n) is 2.12. The fraction of sp³-hybridized carbons (Fsp3) is 0.0588. The molecule has 2 heterocycles. The number of amides is 1. The Morgan fingerprint density at radius 2 is 2.08 bits per heavy atom. The zero-order chi connectivity index (χ0) is 17.8. The van der Waals surface area contributed by atoms with E-state index in [4.69, 9.17) is 37.8 Å². The van der Waals surface area contributed by atoms with E-state index in [1.807, 2.05) is 0 Å². The van der Waals surface area contributed by atoms with Gasteiger partial charge in [-0.05, 0) is 54.7 Å². The fourth-order valence-corrected chi connectivity index (χ4v) is 2.49. The summed E-state index contributed by atoms with van der Waals surface area (Å²) in [5.74, 6) is 0.722. The number of thiocarbonyl (C=S) groups is 1. The largest absolute Gasteiger partial charge is 0.459 e. The van der Waals surface area contributed by atoms with Crippen molar-refractivity contribution in [2.45, 2.75) is 6.61 Å². The molecule has 1 amide bonds. The third kappa shape index (κ3) is 4.08. The standard InChI is InChI=1S/C17H13ClN2O4S/c18-12-5-3-10(14-6-4-11(9-21)24-14)8-13(12)19-17(25)20-16(22)15-2-1-7-23-15/h1-8,21H,9H2,(H2,19,20,22,25). The highest BCUT2D eigenvalue weighted by Crippen LogP contribution is 2.30. The number of hydrogen-bond acceptors (Lipinski definition) is 5. The van der Waals surface area contributed by atoms with Crippen LogP contribution in [0.15, 0.2) is 57.6 Å². The molecule has 0 aliphatic carbocycles. The lowest BCUT2D eigenvalue weighted by Crippen LogP contribution is -2.33. The maximum absolute atomic E-state index is 11.9. The number of benzene rings is 1. The Morgan fingerprint density at radius 3 is 2.76 bits per heavy atom. The van der Waals surface area contributed by atoms with Crippen LogP contribution >= 0.6 is 23.8 Å². The summed E-state index contributed by atoms with van der Waals surface area (Å²) in [5.41, 5.74) is 1.25. The third-order valence-electron chi connectivity index (χ3n) is 3.29. The predicted octanol–water partition coefficient (Wildman–Crippen LogP) is 3.81. The van der Waals surface area contributed by atoms with Gasteiger partial charge in [0.15, 0.2) is 10.9 Å². The van der Waals surface area contributed by atoms with Crippen LogP contribution in [-0.4, -0.2) is 16.1 Å². The van der Waals surface area contributed by atoms with Gasteiger partial charge in [0.25, 0.3) is 5.91 Å². The Labute approximate surface area is 153 Å². The summed E-state index contributed by atoms with van der Waals surface area (Å²) < 4.78 is 10.5. The lowest BCUT2D eigenvalue weighted by molar-refractivity contribution is 0.0950. The van der Waals surface area contributed by atoms with Crippen molar-refractivity contribution in [2.24, 2.45) is 0 Å². The lowest BCUT2D eigenvalue weighted by atomic mass is 10.1. The van der Waals surface area contributed by atoms with E-state index in [9.17, 15) is 4.79 Å². The first kappa shape index (κ1) is 17.2. The van der Waals surface area contributed by atoms with Gasteiger partial charge in [0.05, 0.1) is 17.0 Å². The Hall–Kier alpha value is -2.61. The zero-order valence-electron chi connectivity index (χ0n) is 12.8. The average molecular weight is 377 g/mol. The number of carbonyl (C=O) groups excluding carboxylic acids is 1. The van der Waals surface area contributed by atoms with E-state index >= 15 is 0 Å². The molecule has 0 bridgehead atoms. The van der Waals surface area contributed by atoms with Crippen LogP contribution in [-0.2, 0) is 6.61 Å². The Balaban J connectivity index is 1.74. The van der Waals surface area contributed by atoms with Crippen molar-refractivity contribution >= 4 is 40.5 Å². The van der Waals surface area contributed by atoms with E-state index in [2.05, 4.69) is 10.6 Å². The highest BCUT2D eigenvalue weighted by molar-refractivity contribution is 7.80. The number of carbonyl (C=O) groups is 1. The topological polar surface area (TPSA) is 87.6 Å². The smallest absolute Gasteiger partial charge is 0.293 e. The maximum Gasteiger partial charge on any atom is 0.293 e. The number of aliphatic hydroxyl groups excluding tert-OH is 1. The minimum Gasteiger partial charge on any atom is -0.459 e. The normalized spacial score (nSPS) is 10.5. The van der Waals surface area contributed by atoms with Crippen LogP contribution in [0.3, 0.4) is 0 Å². The molecule has 0 fully saturated rings. The van der Waals surface area contributed by atoms with Gasteiger partial charge in [-0.3, -0.25) is 10.1 Å². The summed E-state index contributed by atoms with van der Waals surface area (Å²) in [5, 5.41) is 15.0. The van der Waals surface area contributed by atoms with Crippen molar-refractivity contribution in [3.63, 3.8) is 0 Å². The number of nitrogens with one attached hydrogen (secondary N) is 2. The van der Waals surface area contributed by atoms with Gasteiger partial charge in [0.1, 0.15) is 18.1 Å². The lowest BCUT2D eigenvalue weighted by Gasteiger charge is -2.11. The van der Waals surface area contributed by atoms with E-state index in [0.29, 0.717) is 22.2 Å². The first-order chi connectivity index (χ1) is 12.1. The van der Waals surface area contributed by atoms with Crippen LogP contribution in [0, 0.1) is 0 Å². The summed E-state index contributed by atoms with van der Waals surface area (Å²) in [6, 6.07) is 11.8. The van der Waals surface area contributed by atoms with Gasteiger partial charge in [0.2, 0.25) is 0 Å². The second kappa shape index (κ2) is 7.52. The second-order valence-corrected chi connectivity index (χ2v) is 5.82. The van der Waals surface area contributed by atoms with E-state index in [1.165, 1.54) is 12.3 Å². The van der Waals surface area contributed by atoms with Crippen LogP contribution in [0.4, 0.5) is 5.69 Å². The summed E-state index contributed by atoms with van der Waals surface area (Å²) >= 11 is 11.3. The monoisotopic (exact) mass is 376 g/mol. The van der Waals surface area contributed by atoms with E-state index in [-0.39, 0.29) is 17.5 Å². The average Bonchev–Trinajstić information content (AvgIpc) is 3.28. The summed E-state index contributed by atoms with van der Waals surface area (Å²) in [6.07, 6.45) is 1.40. The highest BCUT2D eigenvalue weighted by Gasteiger charge is 2.13. The first-order valence-corrected chi connectivity index (χ1v) is 8.01. The molecule has 0 aliphatic rings. The van der Waals surface area contributed by atoms with Crippen molar-refractivity contribution < 1.29 is 18.7 Å². The molecule has 128 valence electrons. The van der Waals surface area contributed by atoms with Gasteiger partial charge >= 0.3 is 0 Å². The molecule has 2 aromatic heterocycles. The quantitative estimate of drug-likeness (QED) is 0.600. The van der Waals surface area contributed by atoms with Gasteiger partial charge in [-0.1, -0.05) is 11.6 Å². The molecular weight excluding hydrogens is 364 g/mol. The molecule has 0 unspecified atom stereocenters. The van der Waals surface area contributed by atoms with E-state index in [1.54, 1.807) is 36.4 Å². The zero-order valence-corrected chi connectivity index (χ0v) is 14.4. The number of hydrogen-bond donors (Lipinski definition) is 3. The van der Waals surface area contributed by atoms with Crippen LogP contribution in [0.25, 0.3) is 11.3 Å². The number of halogens is 1. The molecule has 3 rings (SSSR count). The Bertz CT molecular complexity index is 905. The van der Waals surface area contributed by atoms with Crippen LogP contribution in [0.1, 0.15) is 16.3 Å². The molecule has 1 aromatic carbocycles. The van der Waals surface area contributed by atoms with Gasteiger partial charge in [-0.25, -0.2) is 0 Å². The maximum atomic E-state index is 11.9. The molecule has 0 saturated heterocycles. The summed E-state index contributed by atoms with van der Waals surface area (Å²) in [6.45, 7) is -0.179. The minimum atomic E-state index is -0.464. The first-order valence-electron chi connectivity index (χ1n) is 7.22. The summed E-state index contributed by atoms with van der Waals surface area (Å²) in [4.78, 5) is 11.9. The number of rotatable bonds is 4. The molecule has 25 heavy (non-hydrogen) atoms. The van der Waals surface area contributed by atoms with Crippen LogP contribution in [0.5, 0.6) is 0 Å². The number of furan rings is 2. The molecule has 6 nitrogen and oxygen atoms in total. The van der Waals surface area contributed by atoms with Crippen molar-refractivity contribution in [2.75, 3.05) is 5.32 Å². The molecule has 0 radical (unpaired) electrons. The molecular formula is C17H13ClN2O4S. The van der Waals surface area contributed by atoms with Gasteiger partial charge in [-0.2, -0.15) is 0 Å². The Morgan fingerprint density at radius 1 is 1.24 bits per heavy atom. The van der Waals surface area contributed by atoms with Gasteiger partial charge in [-0.15, -0.1) is 0 Å². The third-order valence-corrected chi connectivity index (χ3v) is 3.82. The number of anilines is 1. The number of aliphatic hydroxyl groups is 1. The van der Waals surface area contributed by atoms with Gasteiger partial charge in [0, 0.05) is 5.56 Å². The second-order valence-electron chi connectivity index (χ2n) is 5.00. The highest BCUT2D eigenvalue weighted by atomic mass is 35.5. The molecule has 3 N–H and O–H groups in total. The van der Waals surface area contributed by atoms with Crippen molar-refractivity contribution in [3.05, 3.63) is 65.3 Å². The SMILES string of the molecule is O=C(NC(=S)Nc1cc(-c2ccc(CO)o2)ccc1Cl)c1ccco1. The van der Waals surface area contributed by atoms with Gasteiger partial charge < -0.3 is 19.3 Å². The van der Waals surface area contributed by atoms with Crippen molar-refractivity contribution in [1.29, 1.82) is 0 Å². The van der Waals surface area contributed by atoms with Crippen molar-refractivity contribution in [1.82, 2.24) is 5.32 Å². The molecule has 3 aromatic rings. The minimum absolute atomic E-state index is 0.0796.